The van der Waals surface area contributed by atoms with E-state index in [1.807, 2.05) is 29.5 Å². The molecule has 0 aliphatic heterocycles. The second-order valence-electron chi connectivity index (χ2n) is 15.1. The van der Waals surface area contributed by atoms with E-state index in [0.29, 0.717) is 0 Å². The molecule has 12 aromatic rings. The number of nitrogens with zero attached hydrogens (tertiary/aromatic N) is 2. The summed E-state index contributed by atoms with van der Waals surface area (Å²) in [6.45, 7) is 0. The third-order valence-electron chi connectivity index (χ3n) is 11.5. The van der Waals surface area contributed by atoms with Gasteiger partial charge >= 0.3 is 0 Å². The van der Waals surface area contributed by atoms with Crippen LogP contribution in [0.2, 0.25) is 0 Å². The summed E-state index contributed by atoms with van der Waals surface area (Å²) in [7, 11) is 0. The second-order valence-corrected chi connectivity index (χ2v) is 17.2. The molecule has 282 valence electrons. The lowest BCUT2D eigenvalue weighted by Gasteiger charge is -2.26. The molecule has 9 aromatic carbocycles. The first-order valence-corrected chi connectivity index (χ1v) is 21.7. The highest BCUT2D eigenvalue weighted by Gasteiger charge is 2.19. The molecule has 3 aromatic heterocycles. The number of thiazole rings is 1. The Morgan fingerprint density at radius 3 is 1.58 bits per heavy atom. The van der Waals surface area contributed by atoms with E-state index in [4.69, 9.17) is 9.40 Å². The fourth-order valence-electron chi connectivity index (χ4n) is 8.61. The van der Waals surface area contributed by atoms with Crippen molar-refractivity contribution in [3.63, 3.8) is 0 Å². The van der Waals surface area contributed by atoms with Gasteiger partial charge in [0.05, 0.1) is 10.2 Å². The summed E-state index contributed by atoms with van der Waals surface area (Å²) in [4.78, 5) is 7.54. The molecule has 3 nitrogen and oxygen atoms in total. The number of thiophene rings is 1. The molecule has 5 heteroatoms. The molecule has 0 bridgehead atoms. The molecule has 0 aliphatic rings. The van der Waals surface area contributed by atoms with Crippen molar-refractivity contribution in [2.75, 3.05) is 4.90 Å². The van der Waals surface area contributed by atoms with Crippen molar-refractivity contribution in [1.82, 2.24) is 4.98 Å². The van der Waals surface area contributed by atoms with Gasteiger partial charge in [-0.25, -0.2) is 4.98 Å². The van der Waals surface area contributed by atoms with Crippen LogP contribution in [0.4, 0.5) is 17.1 Å². The molecule has 0 fully saturated rings. The number of hydrogen-bond acceptors (Lipinski definition) is 5. The third-order valence-corrected chi connectivity index (χ3v) is 13.8. The van der Waals surface area contributed by atoms with Crippen molar-refractivity contribution < 1.29 is 4.42 Å². The SMILES string of the molecule is c1ccc(-c2ccc(N(c3ccc(-c4ccccc4)cc3)c3ccc(-c4ccc5c(c4)sc4ccc6nc(-c7cccc8oc9ccccc9c78)sc6c45)cc3)cc2)cc1. The van der Waals surface area contributed by atoms with E-state index in [9.17, 15) is 0 Å². The van der Waals surface area contributed by atoms with Gasteiger partial charge in [0.15, 0.2) is 0 Å². The largest absolute Gasteiger partial charge is 0.456 e. The molecule has 3 heterocycles. The van der Waals surface area contributed by atoms with Crippen LogP contribution in [-0.4, -0.2) is 4.98 Å². The van der Waals surface area contributed by atoms with Crippen LogP contribution >= 0.6 is 22.7 Å². The molecule has 0 saturated carbocycles. The van der Waals surface area contributed by atoms with Gasteiger partial charge in [-0.3, -0.25) is 0 Å². The first kappa shape index (κ1) is 34.7. The number of rotatable bonds is 7. The summed E-state index contributed by atoms with van der Waals surface area (Å²) in [6, 6.07) is 73.7. The Balaban J connectivity index is 0.900. The van der Waals surface area contributed by atoms with Gasteiger partial charge in [-0.15, -0.1) is 22.7 Å². The Kier molecular flexibility index (Phi) is 8.22. The quantitative estimate of drug-likeness (QED) is 0.161. The molecular formula is C55H34N2OS2. The van der Waals surface area contributed by atoms with Gasteiger partial charge in [-0.2, -0.15) is 0 Å². The lowest BCUT2D eigenvalue weighted by atomic mass is 10.0. The smallest absolute Gasteiger partial charge is 0.136 e. The van der Waals surface area contributed by atoms with E-state index in [2.05, 4.69) is 193 Å². The van der Waals surface area contributed by atoms with Crippen LogP contribution in [-0.2, 0) is 0 Å². The highest BCUT2D eigenvalue weighted by Crippen LogP contribution is 2.46. The van der Waals surface area contributed by atoms with E-state index in [-0.39, 0.29) is 0 Å². The van der Waals surface area contributed by atoms with Crippen molar-refractivity contribution in [3.8, 4) is 44.0 Å². The molecule has 0 radical (unpaired) electrons. The monoisotopic (exact) mass is 802 g/mol. The van der Waals surface area contributed by atoms with E-state index in [0.717, 1.165) is 55.1 Å². The van der Waals surface area contributed by atoms with Crippen molar-refractivity contribution in [2.24, 2.45) is 0 Å². The second kappa shape index (κ2) is 14.2. The highest BCUT2D eigenvalue weighted by atomic mass is 32.1. The molecular weight excluding hydrogens is 769 g/mol. The summed E-state index contributed by atoms with van der Waals surface area (Å²) in [5, 5.41) is 5.82. The van der Waals surface area contributed by atoms with Crippen LogP contribution in [0.3, 0.4) is 0 Å². The number of fused-ring (bicyclic) bond motifs is 8. The molecule has 0 saturated heterocycles. The third kappa shape index (κ3) is 5.90. The van der Waals surface area contributed by atoms with Crippen LogP contribution in [0.15, 0.2) is 211 Å². The minimum Gasteiger partial charge on any atom is -0.456 e. The Morgan fingerprint density at radius 1 is 0.383 bits per heavy atom. The Bertz CT molecular complexity index is 3430. The molecule has 0 unspecified atom stereocenters. The molecule has 0 amide bonds. The van der Waals surface area contributed by atoms with Gasteiger partial charge in [0.25, 0.3) is 0 Å². The maximum atomic E-state index is 6.22. The van der Waals surface area contributed by atoms with Crippen LogP contribution < -0.4 is 4.90 Å². The van der Waals surface area contributed by atoms with Crippen molar-refractivity contribution >= 4 is 92.1 Å². The van der Waals surface area contributed by atoms with Crippen molar-refractivity contribution in [3.05, 3.63) is 206 Å². The predicted octanol–water partition coefficient (Wildman–Crippen LogP) is 16.7. The summed E-state index contributed by atoms with van der Waals surface area (Å²) in [5.41, 5.74) is 14.4. The zero-order valence-corrected chi connectivity index (χ0v) is 33.9. The van der Waals surface area contributed by atoms with Gasteiger partial charge in [0, 0.05) is 53.6 Å². The average Bonchev–Trinajstić information content (AvgIpc) is 4.04. The molecule has 0 atom stereocenters. The van der Waals surface area contributed by atoms with Crippen LogP contribution in [0, 0.1) is 0 Å². The lowest BCUT2D eigenvalue weighted by Crippen LogP contribution is -2.09. The minimum atomic E-state index is 0.891. The number of aromatic nitrogens is 1. The molecule has 0 N–H and O–H groups in total. The number of benzene rings is 9. The number of furan rings is 1. The first-order chi connectivity index (χ1) is 29.7. The van der Waals surface area contributed by atoms with E-state index < -0.39 is 0 Å². The maximum absolute atomic E-state index is 6.22. The number of hydrogen-bond donors (Lipinski definition) is 0. The molecule has 0 aliphatic carbocycles. The number of anilines is 3. The van der Waals surface area contributed by atoms with Gasteiger partial charge in [-0.05, 0) is 100 Å². The zero-order chi connectivity index (χ0) is 39.6. The van der Waals surface area contributed by atoms with Gasteiger partial charge < -0.3 is 9.32 Å². The molecule has 12 rings (SSSR count). The average molecular weight is 803 g/mol. The van der Waals surface area contributed by atoms with Gasteiger partial charge in [-0.1, -0.05) is 140 Å². The Hall–Kier alpha value is -7.31. The first-order valence-electron chi connectivity index (χ1n) is 20.1. The highest BCUT2D eigenvalue weighted by molar-refractivity contribution is 7.28. The zero-order valence-electron chi connectivity index (χ0n) is 32.2. The van der Waals surface area contributed by atoms with E-state index in [1.54, 1.807) is 11.3 Å². The van der Waals surface area contributed by atoms with Gasteiger partial charge in [0.2, 0.25) is 0 Å². The Labute approximate surface area is 354 Å². The summed E-state index contributed by atoms with van der Waals surface area (Å²) in [5.74, 6) is 0. The summed E-state index contributed by atoms with van der Waals surface area (Å²) < 4.78 is 10.00. The summed E-state index contributed by atoms with van der Waals surface area (Å²) >= 11 is 3.63. The van der Waals surface area contributed by atoms with Crippen LogP contribution in [0.25, 0.3) is 96.3 Å². The standard InChI is InChI=1S/C55H34N2OS2/c1-3-10-35(11-4-1)37-18-25-41(26-19-37)57(42-27-20-38(21-28-42)36-12-5-2-6-13-36)43-29-22-39(23-30-43)40-24-31-45-51(34-40)59-50-33-32-47-54(53(45)50)60-55(56-47)46-15-9-17-49-52(46)44-14-7-8-16-48(44)58-49/h1-34H. The van der Waals surface area contributed by atoms with Crippen LogP contribution in [0.1, 0.15) is 0 Å². The van der Waals surface area contributed by atoms with Crippen molar-refractivity contribution in [2.45, 2.75) is 0 Å². The van der Waals surface area contributed by atoms with Gasteiger partial charge in [0.1, 0.15) is 16.2 Å². The molecule has 0 spiro atoms. The minimum absolute atomic E-state index is 0.891. The van der Waals surface area contributed by atoms with Crippen LogP contribution in [0.5, 0.6) is 0 Å². The van der Waals surface area contributed by atoms with E-state index >= 15 is 0 Å². The predicted molar refractivity (Wildman–Crippen MR) is 256 cm³/mol. The fourth-order valence-corrected chi connectivity index (χ4v) is 11.0. The lowest BCUT2D eigenvalue weighted by molar-refractivity contribution is 0.669. The maximum Gasteiger partial charge on any atom is 0.136 e. The van der Waals surface area contributed by atoms with Crippen molar-refractivity contribution in [1.29, 1.82) is 0 Å². The fraction of sp³-hybridized carbons (Fsp3) is 0. The normalized spacial score (nSPS) is 11.7. The number of para-hydroxylation sites is 1. The Morgan fingerprint density at radius 2 is 0.933 bits per heavy atom. The summed E-state index contributed by atoms with van der Waals surface area (Å²) in [6.07, 6.45) is 0. The van der Waals surface area contributed by atoms with E-state index in [1.165, 1.54) is 58.3 Å². The molecule has 60 heavy (non-hydrogen) atoms. The topological polar surface area (TPSA) is 29.3 Å².